The fraction of sp³-hybridized carbons (Fsp3) is 0.951. The van der Waals surface area contributed by atoms with Crippen LogP contribution in [0.4, 0.5) is 0 Å². The average molecular weight is 1480 g/mol. The third kappa shape index (κ3) is 76.1. The lowest BCUT2D eigenvalue weighted by Crippen LogP contribution is -2.30. The number of esters is 4. The molecule has 0 spiro atoms. The van der Waals surface area contributed by atoms with Gasteiger partial charge in [0.25, 0.3) is 0 Å². The largest absolute Gasteiger partial charge is 0.472 e. The molecule has 0 aromatic rings. The normalized spacial score (nSPS) is 13.8. The summed E-state index contributed by atoms with van der Waals surface area (Å²) in [4.78, 5) is 73.1. The number of carbonyl (C=O) groups excluding carboxylic acids is 4. The molecule has 0 amide bonds. The van der Waals surface area contributed by atoms with Gasteiger partial charge in [-0.15, -0.1) is 0 Å². The number of aliphatic hydroxyl groups excluding tert-OH is 1. The Morgan fingerprint density at radius 1 is 0.267 bits per heavy atom. The molecular formula is C82H160O17P2. The SMILES string of the molecule is CCCCCCCCCCCCCCCCCCCCCCC(=O)O[C@H](COC(=O)CCCCCCCCCCCCCC(C)C)COP(=O)(O)OC[C@@H](O)COP(=O)(O)OC[C@@H](COC(=O)CCCCCCCCCCCCCCC)OC(=O)CCCCCCCCCCCCCCCC. The van der Waals surface area contributed by atoms with E-state index in [0.717, 1.165) is 95.8 Å². The minimum Gasteiger partial charge on any atom is -0.462 e. The van der Waals surface area contributed by atoms with Crippen molar-refractivity contribution in [3.63, 3.8) is 0 Å². The Kier molecular flexibility index (Phi) is 73.5. The molecule has 0 aliphatic carbocycles. The standard InChI is InChI=1S/C82H160O17P2/c1-6-9-12-15-18-21-24-27-29-30-31-32-33-34-37-42-48-53-58-63-68-82(87)99-78(72-93-80(85)66-61-56-51-46-43-38-39-44-49-54-59-64-75(4)5)74-97-101(90,91)95-70-76(83)69-94-100(88,89)96-73-77(71-92-79(84)65-60-55-50-45-40-35-26-23-20-17-14-11-8-3)98-81(86)67-62-57-52-47-41-36-28-25-22-19-16-13-10-7-2/h75-78,83H,6-74H2,1-5H3,(H,88,89)(H,90,91)/t76-,77+,78+/m0/s1. The Balaban J connectivity index is 5.24. The fourth-order valence-corrected chi connectivity index (χ4v) is 14.3. The van der Waals surface area contributed by atoms with Gasteiger partial charge in [-0.3, -0.25) is 37.3 Å². The van der Waals surface area contributed by atoms with Gasteiger partial charge in [-0.2, -0.15) is 0 Å². The molecule has 0 rings (SSSR count). The Morgan fingerprint density at radius 2 is 0.455 bits per heavy atom. The maximum absolute atomic E-state index is 13.1. The molecule has 17 nitrogen and oxygen atoms in total. The van der Waals surface area contributed by atoms with Crippen LogP contribution in [0.1, 0.15) is 439 Å². The van der Waals surface area contributed by atoms with Crippen molar-refractivity contribution in [1.29, 1.82) is 0 Å². The van der Waals surface area contributed by atoms with Gasteiger partial charge in [0.2, 0.25) is 0 Å². The molecule has 2 unspecified atom stereocenters. The summed E-state index contributed by atoms with van der Waals surface area (Å²) < 4.78 is 68.8. The van der Waals surface area contributed by atoms with Crippen LogP contribution in [-0.2, 0) is 65.4 Å². The topological polar surface area (TPSA) is 237 Å². The summed E-state index contributed by atoms with van der Waals surface area (Å²) in [6.07, 6.45) is 66.5. The van der Waals surface area contributed by atoms with Crippen LogP contribution in [0.2, 0.25) is 0 Å². The number of aliphatic hydroxyl groups is 1. The third-order valence-corrected chi connectivity index (χ3v) is 21.2. The minimum atomic E-state index is -4.96. The van der Waals surface area contributed by atoms with Gasteiger partial charge < -0.3 is 33.8 Å². The predicted molar refractivity (Wildman–Crippen MR) is 414 cm³/mol. The van der Waals surface area contributed by atoms with E-state index in [1.807, 2.05) is 0 Å². The molecule has 19 heteroatoms. The Hall–Kier alpha value is -1.94. The number of carbonyl (C=O) groups is 4. The minimum absolute atomic E-state index is 0.109. The van der Waals surface area contributed by atoms with E-state index in [2.05, 4.69) is 34.6 Å². The summed E-state index contributed by atoms with van der Waals surface area (Å²) in [7, 11) is -9.92. The number of phosphoric acid groups is 2. The summed E-state index contributed by atoms with van der Waals surface area (Å²) >= 11 is 0. The highest BCUT2D eigenvalue weighted by atomic mass is 31.2. The first-order valence-corrected chi connectivity index (χ1v) is 45.6. The summed E-state index contributed by atoms with van der Waals surface area (Å²) in [6.45, 7) is 7.35. The van der Waals surface area contributed by atoms with E-state index >= 15 is 0 Å². The van der Waals surface area contributed by atoms with Crippen molar-refractivity contribution in [1.82, 2.24) is 0 Å². The fourth-order valence-electron chi connectivity index (χ4n) is 12.8. The van der Waals surface area contributed by atoms with E-state index in [-0.39, 0.29) is 25.7 Å². The lowest BCUT2D eigenvalue weighted by molar-refractivity contribution is -0.161. The van der Waals surface area contributed by atoms with Crippen molar-refractivity contribution in [2.75, 3.05) is 39.6 Å². The zero-order valence-corrected chi connectivity index (χ0v) is 67.8. The summed E-state index contributed by atoms with van der Waals surface area (Å²) in [5, 5.41) is 10.7. The average Bonchev–Trinajstić information content (AvgIpc) is 0.927. The quantitative estimate of drug-likeness (QED) is 0.0222. The van der Waals surface area contributed by atoms with Gasteiger partial charge in [0.1, 0.15) is 19.3 Å². The van der Waals surface area contributed by atoms with Gasteiger partial charge in [-0.25, -0.2) is 9.13 Å². The smallest absolute Gasteiger partial charge is 0.462 e. The van der Waals surface area contributed by atoms with Crippen molar-refractivity contribution in [3.05, 3.63) is 0 Å². The number of hydrogen-bond acceptors (Lipinski definition) is 15. The third-order valence-electron chi connectivity index (χ3n) is 19.3. The molecule has 0 aromatic heterocycles. The van der Waals surface area contributed by atoms with E-state index in [9.17, 15) is 43.2 Å². The number of hydrogen-bond donors (Lipinski definition) is 3. The first-order chi connectivity index (χ1) is 49.0. The monoisotopic (exact) mass is 1480 g/mol. The maximum Gasteiger partial charge on any atom is 0.472 e. The van der Waals surface area contributed by atoms with Crippen LogP contribution in [-0.4, -0.2) is 96.7 Å². The summed E-state index contributed by atoms with van der Waals surface area (Å²) in [6, 6.07) is 0. The van der Waals surface area contributed by atoms with E-state index in [1.54, 1.807) is 0 Å². The van der Waals surface area contributed by atoms with Crippen molar-refractivity contribution in [2.45, 2.75) is 457 Å². The van der Waals surface area contributed by atoms with Crippen molar-refractivity contribution in [2.24, 2.45) is 5.92 Å². The van der Waals surface area contributed by atoms with Gasteiger partial charge in [0, 0.05) is 25.7 Å². The first kappa shape index (κ1) is 99.1. The van der Waals surface area contributed by atoms with Gasteiger partial charge in [-0.05, 0) is 31.6 Å². The second-order valence-electron chi connectivity index (χ2n) is 30.0. The van der Waals surface area contributed by atoms with E-state index < -0.39 is 97.5 Å². The molecule has 0 saturated carbocycles. The highest BCUT2D eigenvalue weighted by Crippen LogP contribution is 2.45. The lowest BCUT2D eigenvalue weighted by atomic mass is 10.0. The Bertz CT molecular complexity index is 1930. The lowest BCUT2D eigenvalue weighted by Gasteiger charge is -2.21. The number of ether oxygens (including phenoxy) is 4. The number of rotatable bonds is 82. The molecule has 3 N–H and O–H groups in total. The number of phosphoric ester groups is 2. The van der Waals surface area contributed by atoms with Crippen molar-refractivity contribution >= 4 is 39.5 Å². The molecule has 0 aromatic carbocycles. The maximum atomic E-state index is 13.1. The highest BCUT2D eigenvalue weighted by Gasteiger charge is 2.30. The molecule has 0 heterocycles. The first-order valence-electron chi connectivity index (χ1n) is 42.6. The number of unbranched alkanes of at least 4 members (excludes halogenated alkanes) is 54. The summed E-state index contributed by atoms with van der Waals surface area (Å²) in [5.74, 6) is -1.33. The molecule has 0 aliphatic rings. The zero-order chi connectivity index (χ0) is 74.1. The molecular weight excluding hydrogens is 1320 g/mol. The summed E-state index contributed by atoms with van der Waals surface area (Å²) in [5.41, 5.74) is 0. The molecule has 0 aliphatic heterocycles. The Labute approximate surface area is 619 Å². The molecule has 5 atom stereocenters. The van der Waals surface area contributed by atoms with Gasteiger partial charge in [0.05, 0.1) is 26.4 Å². The molecule has 600 valence electrons. The van der Waals surface area contributed by atoms with Crippen molar-refractivity contribution < 1.29 is 80.2 Å². The second kappa shape index (κ2) is 74.9. The predicted octanol–water partition coefficient (Wildman–Crippen LogP) is 24.8. The zero-order valence-electron chi connectivity index (χ0n) is 66.1. The molecule has 0 radical (unpaired) electrons. The molecule has 101 heavy (non-hydrogen) atoms. The van der Waals surface area contributed by atoms with E-state index in [1.165, 1.54) is 263 Å². The molecule has 0 saturated heterocycles. The van der Waals surface area contributed by atoms with Crippen LogP contribution < -0.4 is 0 Å². The molecule has 0 fully saturated rings. The Morgan fingerprint density at radius 3 is 0.673 bits per heavy atom. The van der Waals surface area contributed by atoms with Crippen molar-refractivity contribution in [3.8, 4) is 0 Å². The van der Waals surface area contributed by atoms with Crippen LogP contribution in [0.3, 0.4) is 0 Å². The molecule has 0 bridgehead atoms. The van der Waals surface area contributed by atoms with Crippen LogP contribution in [0.5, 0.6) is 0 Å². The van der Waals surface area contributed by atoms with E-state index in [0.29, 0.717) is 25.7 Å². The highest BCUT2D eigenvalue weighted by molar-refractivity contribution is 7.47. The van der Waals surface area contributed by atoms with Gasteiger partial charge in [0.15, 0.2) is 12.2 Å². The van der Waals surface area contributed by atoms with Crippen LogP contribution >= 0.6 is 15.6 Å². The van der Waals surface area contributed by atoms with Gasteiger partial charge in [-0.1, -0.05) is 388 Å². The second-order valence-corrected chi connectivity index (χ2v) is 32.9. The van der Waals surface area contributed by atoms with Crippen LogP contribution in [0.15, 0.2) is 0 Å². The van der Waals surface area contributed by atoms with Crippen LogP contribution in [0.25, 0.3) is 0 Å². The van der Waals surface area contributed by atoms with Gasteiger partial charge >= 0.3 is 39.5 Å². The van der Waals surface area contributed by atoms with Crippen LogP contribution in [0, 0.1) is 5.92 Å². The van der Waals surface area contributed by atoms with E-state index in [4.69, 9.17) is 37.0 Å².